The number of fused-ring (bicyclic) bond motifs is 1. The quantitative estimate of drug-likeness (QED) is 0.571. The number of aromatic nitrogens is 4. The fraction of sp³-hybridized carbons (Fsp3) is 0.739. The van der Waals surface area contributed by atoms with Crippen molar-refractivity contribution in [3.63, 3.8) is 0 Å². The number of amides is 1. The van der Waals surface area contributed by atoms with E-state index < -0.39 is 42.4 Å². The summed E-state index contributed by atoms with van der Waals surface area (Å²) in [5.41, 5.74) is 7.25. The van der Waals surface area contributed by atoms with Gasteiger partial charge in [-0.25, -0.2) is 18.3 Å². The van der Waals surface area contributed by atoms with Gasteiger partial charge in [-0.05, 0) is 25.2 Å². The highest BCUT2D eigenvalue weighted by atomic mass is 19.4. The lowest BCUT2D eigenvalue weighted by Gasteiger charge is -2.32. The Labute approximate surface area is 209 Å². The molecule has 3 atom stereocenters. The molecule has 14 heteroatoms. The van der Waals surface area contributed by atoms with Gasteiger partial charge >= 0.3 is 6.18 Å². The maximum atomic E-state index is 13.6. The van der Waals surface area contributed by atoms with Crippen molar-refractivity contribution in [1.82, 2.24) is 24.9 Å². The van der Waals surface area contributed by atoms with Crippen LogP contribution in [0.5, 0.6) is 0 Å². The lowest BCUT2D eigenvalue weighted by molar-refractivity contribution is -0.183. The Bertz CT molecular complexity index is 1120. The van der Waals surface area contributed by atoms with Crippen LogP contribution in [0.4, 0.5) is 27.8 Å². The van der Waals surface area contributed by atoms with E-state index in [1.54, 1.807) is 6.20 Å². The van der Waals surface area contributed by atoms with Crippen molar-refractivity contribution in [2.45, 2.75) is 56.7 Å². The van der Waals surface area contributed by atoms with E-state index >= 15 is 0 Å². The highest BCUT2D eigenvalue weighted by molar-refractivity contribution is 5.80. The van der Waals surface area contributed by atoms with Gasteiger partial charge in [-0.2, -0.15) is 23.3 Å². The van der Waals surface area contributed by atoms with E-state index in [4.69, 9.17) is 10.5 Å². The lowest BCUT2D eigenvalue weighted by Crippen LogP contribution is -2.47. The number of nitrogens with one attached hydrogen (secondary N) is 1. The topological polar surface area (TPSA) is 111 Å². The number of rotatable bonds is 5. The highest BCUT2D eigenvalue weighted by Crippen LogP contribution is 2.40. The first-order valence-electron chi connectivity index (χ1n) is 12.6. The number of piperidine rings is 1. The molecule has 2 aromatic rings. The van der Waals surface area contributed by atoms with Gasteiger partial charge in [-0.15, -0.1) is 0 Å². The van der Waals surface area contributed by atoms with Crippen LogP contribution in [0.15, 0.2) is 6.20 Å². The number of hydrogen-bond donors (Lipinski definition) is 2. The van der Waals surface area contributed by atoms with E-state index in [1.807, 2.05) is 4.90 Å². The van der Waals surface area contributed by atoms with Crippen LogP contribution in [-0.2, 0) is 16.0 Å². The smallest absolute Gasteiger partial charge is 0.378 e. The second-order valence-electron chi connectivity index (χ2n) is 10.2. The Morgan fingerprint density at radius 2 is 1.89 bits per heavy atom. The predicted molar refractivity (Wildman–Crippen MR) is 122 cm³/mol. The molecule has 9 nitrogen and oxygen atoms in total. The van der Waals surface area contributed by atoms with Gasteiger partial charge in [0, 0.05) is 44.8 Å². The standard InChI is InChI=1S/C23H30F5N7O2/c24-22(25)3-1-13(2-4-22)18(29)17-12-35-21(31-17)32-19(34-5-7-37-8-6-34)16(33-35)10-14-9-15(23(26,27)28)11-30-20(14)36/h12-15,18H,1-11,29H2,(H,30,36)/t14-,15-,18+/m1/s1. The highest BCUT2D eigenvalue weighted by Gasteiger charge is 2.45. The molecule has 0 bridgehead atoms. The number of imidazole rings is 1. The summed E-state index contributed by atoms with van der Waals surface area (Å²) >= 11 is 0. The number of carbonyl (C=O) groups is 1. The molecule has 3 aliphatic rings. The molecule has 1 amide bonds. The van der Waals surface area contributed by atoms with Gasteiger partial charge in [0.15, 0.2) is 5.82 Å². The fourth-order valence-electron chi connectivity index (χ4n) is 5.41. The van der Waals surface area contributed by atoms with E-state index in [0.717, 1.165) is 0 Å². The van der Waals surface area contributed by atoms with Crippen LogP contribution in [0, 0.1) is 17.8 Å². The molecule has 204 valence electrons. The number of nitrogens with two attached hydrogens (primary N) is 1. The average molecular weight is 532 g/mol. The van der Waals surface area contributed by atoms with Gasteiger partial charge in [0.1, 0.15) is 5.69 Å². The maximum Gasteiger partial charge on any atom is 0.393 e. The van der Waals surface area contributed by atoms with Crippen LogP contribution >= 0.6 is 0 Å². The maximum absolute atomic E-state index is 13.6. The van der Waals surface area contributed by atoms with E-state index in [1.165, 1.54) is 4.52 Å². The third kappa shape index (κ3) is 5.64. The van der Waals surface area contributed by atoms with E-state index in [0.29, 0.717) is 43.5 Å². The lowest BCUT2D eigenvalue weighted by atomic mass is 9.81. The number of ether oxygens (including phenoxy) is 1. The summed E-state index contributed by atoms with van der Waals surface area (Å²) in [5.74, 6) is -5.12. The zero-order chi connectivity index (χ0) is 26.4. The molecule has 3 N–H and O–H groups in total. The molecule has 1 saturated carbocycles. The van der Waals surface area contributed by atoms with Crippen LogP contribution in [0.25, 0.3) is 5.78 Å². The summed E-state index contributed by atoms with van der Waals surface area (Å²) in [5, 5.41) is 6.99. The van der Waals surface area contributed by atoms with Gasteiger partial charge in [-0.3, -0.25) is 4.79 Å². The fourth-order valence-corrected chi connectivity index (χ4v) is 5.41. The number of nitrogens with zero attached hydrogens (tertiary/aromatic N) is 5. The number of carbonyl (C=O) groups excluding carboxylic acids is 1. The van der Waals surface area contributed by atoms with E-state index in [9.17, 15) is 26.7 Å². The number of anilines is 1. The molecule has 0 aromatic carbocycles. The number of hydrogen-bond acceptors (Lipinski definition) is 7. The molecule has 4 heterocycles. The molecule has 0 unspecified atom stereocenters. The van der Waals surface area contributed by atoms with E-state index in [2.05, 4.69) is 20.4 Å². The van der Waals surface area contributed by atoms with Crippen molar-refractivity contribution < 1.29 is 31.5 Å². The summed E-state index contributed by atoms with van der Waals surface area (Å²) < 4.78 is 74.1. The molecular weight excluding hydrogens is 501 g/mol. The number of halogens is 5. The van der Waals surface area contributed by atoms with Crippen molar-refractivity contribution in [3.05, 3.63) is 17.6 Å². The monoisotopic (exact) mass is 531 g/mol. The summed E-state index contributed by atoms with van der Waals surface area (Å²) in [4.78, 5) is 23.6. The molecule has 3 fully saturated rings. The molecule has 2 saturated heterocycles. The number of morpholine rings is 1. The molecule has 5 rings (SSSR count). The van der Waals surface area contributed by atoms with Crippen molar-refractivity contribution >= 4 is 17.5 Å². The van der Waals surface area contributed by atoms with Gasteiger partial charge in [-0.1, -0.05) is 0 Å². The molecule has 0 spiro atoms. The Morgan fingerprint density at radius 1 is 1.19 bits per heavy atom. The molecule has 2 aliphatic heterocycles. The molecule has 2 aromatic heterocycles. The van der Waals surface area contributed by atoms with Gasteiger partial charge < -0.3 is 20.7 Å². The first-order valence-corrected chi connectivity index (χ1v) is 12.6. The van der Waals surface area contributed by atoms with Crippen molar-refractivity contribution in [2.75, 3.05) is 37.7 Å². The van der Waals surface area contributed by atoms with Gasteiger partial charge in [0.05, 0.1) is 37.1 Å². The minimum Gasteiger partial charge on any atom is -0.378 e. The third-order valence-electron chi connectivity index (χ3n) is 7.67. The van der Waals surface area contributed by atoms with Crippen LogP contribution < -0.4 is 16.0 Å². The Kier molecular flexibility index (Phi) is 6.98. The normalized spacial score (nSPS) is 26.3. The predicted octanol–water partition coefficient (Wildman–Crippen LogP) is 2.64. The van der Waals surface area contributed by atoms with Crippen LogP contribution in [-0.4, -0.2) is 70.4 Å². The van der Waals surface area contributed by atoms with Gasteiger partial charge in [0.25, 0.3) is 5.78 Å². The summed E-state index contributed by atoms with van der Waals surface area (Å²) in [7, 11) is 0. The zero-order valence-electron chi connectivity index (χ0n) is 20.2. The summed E-state index contributed by atoms with van der Waals surface area (Å²) in [6.07, 6.45) is -3.05. The Balaban J connectivity index is 1.44. The molecule has 37 heavy (non-hydrogen) atoms. The molecule has 0 radical (unpaired) electrons. The minimum atomic E-state index is -4.41. The molecule has 1 aliphatic carbocycles. The van der Waals surface area contributed by atoms with Crippen LogP contribution in [0.1, 0.15) is 49.5 Å². The van der Waals surface area contributed by atoms with E-state index in [-0.39, 0.29) is 50.2 Å². The second-order valence-corrected chi connectivity index (χ2v) is 10.2. The zero-order valence-corrected chi connectivity index (χ0v) is 20.2. The van der Waals surface area contributed by atoms with Crippen LogP contribution in [0.2, 0.25) is 0 Å². The second kappa shape index (κ2) is 9.93. The van der Waals surface area contributed by atoms with Crippen LogP contribution in [0.3, 0.4) is 0 Å². The average Bonchev–Trinajstić information content (AvgIpc) is 3.27. The van der Waals surface area contributed by atoms with Gasteiger partial charge in [0.2, 0.25) is 11.8 Å². The third-order valence-corrected chi connectivity index (χ3v) is 7.67. The van der Waals surface area contributed by atoms with Crippen molar-refractivity contribution in [2.24, 2.45) is 23.5 Å². The van der Waals surface area contributed by atoms with Crippen molar-refractivity contribution in [1.29, 1.82) is 0 Å². The first-order chi connectivity index (χ1) is 17.5. The summed E-state index contributed by atoms with van der Waals surface area (Å²) in [6.45, 7) is 1.47. The SMILES string of the molecule is N[C@H](c1cn2nc(C[C@H]3C[C@@H](C(F)(F)F)CNC3=O)c(N3CCOCC3)nc2n1)C1CCC(F)(F)CC1. The Morgan fingerprint density at radius 3 is 2.57 bits per heavy atom. The Hall–Kier alpha value is -2.61. The minimum absolute atomic E-state index is 0.0225. The summed E-state index contributed by atoms with van der Waals surface area (Å²) in [6, 6.07) is -0.577. The molecular formula is C23H30F5N7O2. The number of alkyl halides is 5. The van der Waals surface area contributed by atoms with Crippen molar-refractivity contribution in [3.8, 4) is 0 Å². The first kappa shape index (κ1) is 26.0. The largest absolute Gasteiger partial charge is 0.393 e.